The molecule has 2 unspecified atom stereocenters. The zero-order valence-electron chi connectivity index (χ0n) is 13.5. The summed E-state index contributed by atoms with van der Waals surface area (Å²) in [5.74, 6) is -1.10. The van der Waals surface area contributed by atoms with Crippen LogP contribution in [-0.4, -0.2) is 10.0 Å². The fraction of sp³-hybridized carbons (Fsp3) is 0.0526. The molecule has 3 aromatic rings. The van der Waals surface area contributed by atoms with E-state index in [-0.39, 0.29) is 11.3 Å². The maximum Gasteiger partial charge on any atom is 0.310 e. The summed E-state index contributed by atoms with van der Waals surface area (Å²) in [4.78, 5) is 10.5. The van der Waals surface area contributed by atoms with Crippen molar-refractivity contribution in [1.82, 2.24) is 0 Å². The van der Waals surface area contributed by atoms with Gasteiger partial charge in [-0.05, 0) is 23.3 Å². The number of nitro benzene ring substituents is 1. The molecular weight excluding hydrogens is 353 g/mol. The summed E-state index contributed by atoms with van der Waals surface area (Å²) in [6, 6.07) is 19.7. The first kappa shape index (κ1) is 16.5. The number of nitrogens with zero attached hydrogens (tertiary/aromatic N) is 1. The predicted octanol–water partition coefficient (Wildman–Crippen LogP) is 4.25. The summed E-state index contributed by atoms with van der Waals surface area (Å²) >= 11 is 0. The van der Waals surface area contributed by atoms with Crippen molar-refractivity contribution in [2.24, 2.45) is 0 Å². The number of benzene rings is 3. The van der Waals surface area contributed by atoms with Gasteiger partial charge < -0.3 is 9.63 Å². The Balaban J connectivity index is 1.88. The van der Waals surface area contributed by atoms with Crippen LogP contribution in [0.1, 0.15) is 11.4 Å². The van der Waals surface area contributed by atoms with Crippen LogP contribution in [0.4, 0.5) is 5.69 Å². The highest BCUT2D eigenvalue weighted by Gasteiger charge is 2.43. The smallest absolute Gasteiger partial charge is 0.310 e. The van der Waals surface area contributed by atoms with E-state index in [4.69, 9.17) is 4.52 Å². The van der Waals surface area contributed by atoms with Crippen LogP contribution in [0.2, 0.25) is 0 Å². The number of aliphatic hydroxyl groups is 1. The third-order valence-corrected chi connectivity index (χ3v) is 6.82. The second kappa shape index (κ2) is 6.09. The van der Waals surface area contributed by atoms with Crippen molar-refractivity contribution in [2.75, 3.05) is 0 Å². The van der Waals surface area contributed by atoms with E-state index < -0.39 is 18.1 Å². The fourth-order valence-electron chi connectivity index (χ4n) is 3.11. The molecule has 1 aliphatic heterocycles. The Kier molecular flexibility index (Phi) is 3.87. The van der Waals surface area contributed by atoms with Gasteiger partial charge in [0.25, 0.3) is 5.69 Å². The predicted molar refractivity (Wildman–Crippen MR) is 97.8 cm³/mol. The summed E-state index contributed by atoms with van der Waals surface area (Å²) in [6.07, 6.45) is 0. The Bertz CT molecular complexity index is 1070. The zero-order valence-corrected chi connectivity index (χ0v) is 14.4. The van der Waals surface area contributed by atoms with Crippen molar-refractivity contribution in [3.05, 3.63) is 88.5 Å². The van der Waals surface area contributed by atoms with E-state index in [9.17, 15) is 19.8 Å². The lowest BCUT2D eigenvalue weighted by Gasteiger charge is -2.31. The number of rotatable bonds is 3. The molecule has 7 heteroatoms. The van der Waals surface area contributed by atoms with E-state index in [1.165, 1.54) is 24.3 Å². The largest absolute Gasteiger partial charge is 0.437 e. The third-order valence-electron chi connectivity index (χ3n) is 4.35. The molecule has 0 aliphatic carbocycles. The van der Waals surface area contributed by atoms with E-state index in [1.54, 1.807) is 24.3 Å². The Hall–Kier alpha value is -2.95. The van der Waals surface area contributed by atoms with E-state index in [0.29, 0.717) is 11.1 Å². The van der Waals surface area contributed by atoms with Crippen molar-refractivity contribution in [3.63, 3.8) is 0 Å². The standard InChI is InChI=1S/C19H14NO5P/c21-19(13-6-5-7-14(12-13)20(22)23)26(24)18-11-4-2-9-16(18)15-8-1-3-10-17(15)25-26/h1-12,19,21H. The van der Waals surface area contributed by atoms with Gasteiger partial charge in [-0.1, -0.05) is 48.5 Å². The molecule has 6 nitrogen and oxygen atoms in total. The van der Waals surface area contributed by atoms with Gasteiger partial charge in [-0.25, -0.2) is 0 Å². The van der Waals surface area contributed by atoms with Crippen LogP contribution < -0.4 is 9.83 Å². The molecule has 0 bridgehead atoms. The van der Waals surface area contributed by atoms with Gasteiger partial charge in [-0.3, -0.25) is 14.7 Å². The quantitative estimate of drug-likeness (QED) is 0.425. The highest BCUT2D eigenvalue weighted by molar-refractivity contribution is 7.68. The lowest BCUT2D eigenvalue weighted by atomic mass is 10.0. The molecule has 3 aromatic carbocycles. The molecule has 0 saturated carbocycles. The number of hydrogen-bond acceptors (Lipinski definition) is 5. The van der Waals surface area contributed by atoms with Crippen molar-refractivity contribution >= 4 is 18.4 Å². The number of hydrogen-bond donors (Lipinski definition) is 1. The van der Waals surface area contributed by atoms with Crippen molar-refractivity contribution < 1.29 is 19.1 Å². The zero-order chi connectivity index (χ0) is 18.3. The first-order valence-electron chi connectivity index (χ1n) is 7.91. The Morgan fingerprint density at radius 2 is 1.65 bits per heavy atom. The van der Waals surface area contributed by atoms with Crippen molar-refractivity contribution in [2.45, 2.75) is 5.85 Å². The molecule has 1 aliphatic rings. The fourth-order valence-corrected chi connectivity index (χ4v) is 5.40. The average Bonchev–Trinajstić information content (AvgIpc) is 2.68. The number of fused-ring (bicyclic) bond motifs is 3. The monoisotopic (exact) mass is 367 g/mol. The highest BCUT2D eigenvalue weighted by atomic mass is 31.2. The van der Waals surface area contributed by atoms with Crippen LogP contribution in [0.15, 0.2) is 72.8 Å². The topological polar surface area (TPSA) is 89.7 Å². The van der Waals surface area contributed by atoms with Gasteiger partial charge in [-0.2, -0.15) is 0 Å². The Labute approximate surface area is 149 Å². The van der Waals surface area contributed by atoms with Crippen molar-refractivity contribution in [1.29, 1.82) is 0 Å². The second-order valence-electron chi connectivity index (χ2n) is 5.93. The SMILES string of the molecule is O=[N+]([O-])c1cccc(C(O)P2(=O)Oc3ccccc3-c3ccccc32)c1. The molecule has 0 aromatic heterocycles. The molecule has 0 saturated heterocycles. The summed E-state index contributed by atoms with van der Waals surface area (Å²) in [5.41, 5.74) is 1.51. The van der Waals surface area contributed by atoms with E-state index in [1.807, 2.05) is 24.3 Å². The Morgan fingerprint density at radius 3 is 2.42 bits per heavy atom. The normalized spacial score (nSPS) is 19.0. The van der Waals surface area contributed by atoms with Gasteiger partial charge in [0, 0.05) is 17.7 Å². The van der Waals surface area contributed by atoms with Gasteiger partial charge in [-0.15, -0.1) is 0 Å². The number of aliphatic hydroxyl groups excluding tert-OH is 1. The molecule has 0 amide bonds. The minimum absolute atomic E-state index is 0.178. The first-order chi connectivity index (χ1) is 12.5. The van der Waals surface area contributed by atoms with Gasteiger partial charge in [0.1, 0.15) is 5.75 Å². The van der Waals surface area contributed by atoms with Crippen LogP contribution in [0, 0.1) is 10.1 Å². The van der Waals surface area contributed by atoms with Crippen molar-refractivity contribution in [3.8, 4) is 16.9 Å². The molecule has 4 rings (SSSR count). The molecule has 2 atom stereocenters. The summed E-state index contributed by atoms with van der Waals surface area (Å²) < 4.78 is 19.6. The van der Waals surface area contributed by atoms with E-state index in [0.717, 1.165) is 11.1 Å². The van der Waals surface area contributed by atoms with Crippen LogP contribution in [0.25, 0.3) is 11.1 Å². The molecule has 0 radical (unpaired) electrons. The Morgan fingerprint density at radius 1 is 0.962 bits per heavy atom. The lowest BCUT2D eigenvalue weighted by molar-refractivity contribution is -0.384. The van der Waals surface area contributed by atoms with Gasteiger partial charge in [0.15, 0.2) is 5.85 Å². The molecule has 1 heterocycles. The molecule has 0 fully saturated rings. The molecule has 0 spiro atoms. The van der Waals surface area contributed by atoms with Gasteiger partial charge in [0.2, 0.25) is 0 Å². The minimum atomic E-state index is -3.77. The highest BCUT2D eigenvalue weighted by Crippen LogP contribution is 2.62. The average molecular weight is 367 g/mol. The number of para-hydroxylation sites is 1. The number of non-ortho nitro benzene ring substituents is 1. The van der Waals surface area contributed by atoms with Crippen LogP contribution in [0.3, 0.4) is 0 Å². The van der Waals surface area contributed by atoms with Gasteiger partial charge >= 0.3 is 7.37 Å². The molecule has 1 N–H and O–H groups in total. The molecule has 26 heavy (non-hydrogen) atoms. The van der Waals surface area contributed by atoms with Gasteiger partial charge in [0.05, 0.1) is 10.2 Å². The minimum Gasteiger partial charge on any atom is -0.437 e. The summed E-state index contributed by atoms with van der Waals surface area (Å²) in [6.45, 7) is 0. The van der Waals surface area contributed by atoms with E-state index in [2.05, 4.69) is 0 Å². The summed E-state index contributed by atoms with van der Waals surface area (Å²) in [7, 11) is -3.77. The maximum absolute atomic E-state index is 13.8. The third kappa shape index (κ3) is 2.51. The molecule has 130 valence electrons. The maximum atomic E-state index is 13.8. The summed E-state index contributed by atoms with van der Waals surface area (Å²) in [5, 5.41) is 22.3. The lowest BCUT2D eigenvalue weighted by Crippen LogP contribution is -2.22. The van der Waals surface area contributed by atoms with Crippen LogP contribution in [-0.2, 0) is 4.57 Å². The van der Waals surface area contributed by atoms with Crippen LogP contribution in [0.5, 0.6) is 5.75 Å². The molecular formula is C19H14NO5P. The number of nitro groups is 1. The van der Waals surface area contributed by atoms with Crippen LogP contribution >= 0.6 is 7.37 Å². The first-order valence-corrected chi connectivity index (χ1v) is 9.61. The van der Waals surface area contributed by atoms with E-state index >= 15 is 0 Å². The second-order valence-corrected chi connectivity index (χ2v) is 8.27.